The molecule has 1 unspecified atom stereocenters. The standard InChI is InChI=1S/C15H12BrCl2IO2/c1-20-13-6-9(10(17)7-14(13)21-2)15(16)8-3-4-12(19)11(18)5-8/h3-7,15H,1-2H3. The van der Waals surface area contributed by atoms with Crippen molar-refractivity contribution in [3.8, 4) is 11.5 Å². The third-order valence-corrected chi connectivity index (χ3v) is 5.93. The smallest absolute Gasteiger partial charge is 0.162 e. The van der Waals surface area contributed by atoms with Crippen LogP contribution in [0.4, 0.5) is 0 Å². The molecule has 0 radical (unpaired) electrons. The van der Waals surface area contributed by atoms with Crippen LogP contribution < -0.4 is 9.47 Å². The molecular formula is C15H12BrCl2IO2. The minimum absolute atomic E-state index is 0.0840. The molecule has 2 rings (SSSR count). The summed E-state index contributed by atoms with van der Waals surface area (Å²) in [5.74, 6) is 1.24. The number of hydrogen-bond donors (Lipinski definition) is 0. The molecule has 0 aliphatic carbocycles. The fourth-order valence-corrected chi connectivity index (χ4v) is 3.50. The van der Waals surface area contributed by atoms with Gasteiger partial charge in [-0.3, -0.25) is 0 Å². The minimum Gasteiger partial charge on any atom is -0.493 e. The molecule has 21 heavy (non-hydrogen) atoms. The van der Waals surface area contributed by atoms with E-state index in [-0.39, 0.29) is 4.83 Å². The van der Waals surface area contributed by atoms with Gasteiger partial charge in [0.1, 0.15) is 0 Å². The maximum atomic E-state index is 6.35. The van der Waals surface area contributed by atoms with Crippen molar-refractivity contribution in [2.45, 2.75) is 4.83 Å². The molecule has 2 nitrogen and oxygen atoms in total. The summed E-state index contributed by atoms with van der Waals surface area (Å²) in [5, 5.41) is 1.32. The number of halogens is 4. The Balaban J connectivity index is 2.47. The lowest BCUT2D eigenvalue weighted by Gasteiger charge is -2.16. The zero-order valence-corrected chi connectivity index (χ0v) is 16.5. The van der Waals surface area contributed by atoms with Crippen LogP contribution in [0.5, 0.6) is 11.5 Å². The predicted molar refractivity (Wildman–Crippen MR) is 99.5 cm³/mol. The van der Waals surface area contributed by atoms with Crippen LogP contribution in [0.2, 0.25) is 10.0 Å². The topological polar surface area (TPSA) is 18.5 Å². The van der Waals surface area contributed by atoms with E-state index in [0.29, 0.717) is 21.5 Å². The Bertz CT molecular complexity index is 664. The molecule has 0 aromatic heterocycles. The summed E-state index contributed by atoms with van der Waals surface area (Å²) in [6, 6.07) is 9.53. The lowest BCUT2D eigenvalue weighted by atomic mass is 10.0. The van der Waals surface area contributed by atoms with Gasteiger partial charge in [-0.2, -0.15) is 0 Å². The lowest BCUT2D eigenvalue weighted by molar-refractivity contribution is 0.354. The Hall–Kier alpha value is -0.170. The van der Waals surface area contributed by atoms with Crippen molar-refractivity contribution in [2.75, 3.05) is 14.2 Å². The van der Waals surface area contributed by atoms with E-state index in [0.717, 1.165) is 14.7 Å². The largest absolute Gasteiger partial charge is 0.493 e. The molecule has 2 aromatic rings. The maximum absolute atomic E-state index is 6.35. The predicted octanol–water partition coefficient (Wildman–Crippen LogP) is 6.10. The van der Waals surface area contributed by atoms with E-state index in [1.165, 1.54) is 0 Å². The first kappa shape index (κ1) is 17.2. The van der Waals surface area contributed by atoms with E-state index in [2.05, 4.69) is 38.5 Å². The van der Waals surface area contributed by atoms with Gasteiger partial charge in [-0.15, -0.1) is 0 Å². The van der Waals surface area contributed by atoms with E-state index >= 15 is 0 Å². The number of hydrogen-bond acceptors (Lipinski definition) is 2. The molecular weight excluding hydrogens is 490 g/mol. The second kappa shape index (κ2) is 7.40. The highest BCUT2D eigenvalue weighted by atomic mass is 127. The van der Waals surface area contributed by atoms with Crippen LogP contribution >= 0.6 is 61.7 Å². The van der Waals surface area contributed by atoms with Gasteiger partial charge in [0.05, 0.1) is 24.1 Å². The molecule has 0 bridgehead atoms. The zero-order valence-electron chi connectivity index (χ0n) is 11.3. The first-order valence-corrected chi connectivity index (χ1v) is 8.73. The van der Waals surface area contributed by atoms with Crippen LogP contribution in [0.1, 0.15) is 16.0 Å². The monoisotopic (exact) mass is 500 g/mol. The number of methoxy groups -OCH3 is 2. The number of rotatable bonds is 4. The molecule has 6 heteroatoms. The Labute approximate surface area is 156 Å². The summed E-state index contributed by atoms with van der Waals surface area (Å²) >= 11 is 18.4. The molecule has 2 aromatic carbocycles. The molecule has 0 saturated carbocycles. The van der Waals surface area contributed by atoms with Crippen LogP contribution in [0.25, 0.3) is 0 Å². The van der Waals surface area contributed by atoms with Gasteiger partial charge in [0.25, 0.3) is 0 Å². The van der Waals surface area contributed by atoms with Crippen molar-refractivity contribution in [1.29, 1.82) is 0 Å². The molecule has 1 atom stereocenters. The van der Waals surface area contributed by atoms with Crippen LogP contribution in [0, 0.1) is 3.57 Å². The second-order valence-electron chi connectivity index (χ2n) is 4.26. The van der Waals surface area contributed by atoms with Crippen LogP contribution in [0.15, 0.2) is 30.3 Å². The lowest BCUT2D eigenvalue weighted by Crippen LogP contribution is -1.98. The third-order valence-electron chi connectivity index (χ3n) is 3.01. The molecule has 0 heterocycles. The Morgan fingerprint density at radius 3 is 2.19 bits per heavy atom. The van der Waals surface area contributed by atoms with E-state index in [9.17, 15) is 0 Å². The molecule has 0 amide bonds. The van der Waals surface area contributed by atoms with E-state index in [1.807, 2.05) is 24.3 Å². The van der Waals surface area contributed by atoms with Crippen LogP contribution in [-0.4, -0.2) is 14.2 Å². The van der Waals surface area contributed by atoms with E-state index < -0.39 is 0 Å². The van der Waals surface area contributed by atoms with Crippen molar-refractivity contribution >= 4 is 61.7 Å². The van der Waals surface area contributed by atoms with Gasteiger partial charge in [0, 0.05) is 14.7 Å². The highest BCUT2D eigenvalue weighted by Crippen LogP contribution is 2.42. The Kier molecular flexibility index (Phi) is 6.05. The molecule has 0 fully saturated rings. The van der Waals surface area contributed by atoms with Gasteiger partial charge in [0.15, 0.2) is 11.5 Å². The molecule has 0 aliphatic rings. The highest BCUT2D eigenvalue weighted by Gasteiger charge is 2.18. The van der Waals surface area contributed by atoms with Gasteiger partial charge in [-0.1, -0.05) is 45.2 Å². The molecule has 0 aliphatic heterocycles. The van der Waals surface area contributed by atoms with Crippen molar-refractivity contribution < 1.29 is 9.47 Å². The summed E-state index contributed by atoms with van der Waals surface area (Å²) < 4.78 is 11.6. The van der Waals surface area contributed by atoms with Gasteiger partial charge >= 0.3 is 0 Å². The second-order valence-corrected chi connectivity index (χ2v) is 7.16. The first-order chi connectivity index (χ1) is 9.97. The number of benzene rings is 2. The van der Waals surface area contributed by atoms with Crippen molar-refractivity contribution in [2.24, 2.45) is 0 Å². The van der Waals surface area contributed by atoms with Crippen LogP contribution in [-0.2, 0) is 0 Å². The maximum Gasteiger partial charge on any atom is 0.162 e. The fourth-order valence-electron chi connectivity index (χ4n) is 1.91. The third kappa shape index (κ3) is 3.78. The molecule has 112 valence electrons. The normalized spacial score (nSPS) is 12.1. The molecule has 0 spiro atoms. The number of alkyl halides is 1. The first-order valence-electron chi connectivity index (χ1n) is 5.98. The van der Waals surface area contributed by atoms with Gasteiger partial charge in [0.2, 0.25) is 0 Å². The summed E-state index contributed by atoms with van der Waals surface area (Å²) in [6.07, 6.45) is 0. The summed E-state index contributed by atoms with van der Waals surface area (Å²) in [6.45, 7) is 0. The summed E-state index contributed by atoms with van der Waals surface area (Å²) in [4.78, 5) is -0.0840. The average molecular weight is 502 g/mol. The van der Waals surface area contributed by atoms with E-state index in [4.69, 9.17) is 32.7 Å². The average Bonchev–Trinajstić information content (AvgIpc) is 2.49. The summed E-state index contributed by atoms with van der Waals surface area (Å²) in [5.41, 5.74) is 1.92. The Morgan fingerprint density at radius 1 is 1.00 bits per heavy atom. The highest BCUT2D eigenvalue weighted by molar-refractivity contribution is 14.1. The van der Waals surface area contributed by atoms with Crippen LogP contribution in [0.3, 0.4) is 0 Å². The van der Waals surface area contributed by atoms with E-state index in [1.54, 1.807) is 20.3 Å². The van der Waals surface area contributed by atoms with Crippen molar-refractivity contribution in [3.05, 3.63) is 55.1 Å². The Morgan fingerprint density at radius 2 is 1.62 bits per heavy atom. The molecule has 0 N–H and O–H groups in total. The molecule has 0 saturated heterocycles. The fraction of sp³-hybridized carbons (Fsp3) is 0.200. The quantitative estimate of drug-likeness (QED) is 0.372. The SMILES string of the molecule is COc1cc(Cl)c(C(Br)c2ccc(I)c(Cl)c2)cc1OC. The van der Waals surface area contributed by atoms with Gasteiger partial charge < -0.3 is 9.47 Å². The summed E-state index contributed by atoms with van der Waals surface area (Å²) in [7, 11) is 3.18. The van der Waals surface area contributed by atoms with Crippen molar-refractivity contribution in [3.63, 3.8) is 0 Å². The van der Waals surface area contributed by atoms with Crippen molar-refractivity contribution in [1.82, 2.24) is 0 Å². The van der Waals surface area contributed by atoms with Gasteiger partial charge in [-0.25, -0.2) is 0 Å². The number of ether oxygens (including phenoxy) is 2. The zero-order chi connectivity index (χ0) is 15.6. The van der Waals surface area contributed by atoms with Gasteiger partial charge in [-0.05, 0) is 51.9 Å². The minimum atomic E-state index is -0.0840.